The van der Waals surface area contributed by atoms with Gasteiger partial charge in [-0.15, -0.1) is 5.16 Å². The lowest BCUT2D eigenvalue weighted by atomic mass is 10.8. The standard InChI is InChI=1S/C2H6N2O/c3-1-2-4-5/h2,5H,1,3H2/b4-2+. The van der Waals surface area contributed by atoms with Gasteiger partial charge in [-0.2, -0.15) is 0 Å². The molecule has 0 aromatic carbocycles. The lowest BCUT2D eigenvalue weighted by molar-refractivity contribution is 0.321. The van der Waals surface area contributed by atoms with Crippen LogP contribution in [0.25, 0.3) is 0 Å². The molecule has 0 atom stereocenters. The van der Waals surface area contributed by atoms with Crippen molar-refractivity contribution in [2.45, 2.75) is 0 Å². The highest BCUT2D eigenvalue weighted by Gasteiger charge is 1.54. The molecule has 0 aliphatic rings. The molecule has 3 heteroatoms. The van der Waals surface area contributed by atoms with Crippen LogP contribution < -0.4 is 5.73 Å². The van der Waals surface area contributed by atoms with E-state index in [0.29, 0.717) is 6.54 Å². The van der Waals surface area contributed by atoms with Crippen LogP contribution in [0.1, 0.15) is 0 Å². The number of hydrogen-bond donors (Lipinski definition) is 2. The summed E-state index contributed by atoms with van der Waals surface area (Å²) in [5.41, 5.74) is 4.83. The predicted molar refractivity (Wildman–Crippen MR) is 19.3 cm³/mol. The van der Waals surface area contributed by atoms with E-state index in [1.165, 1.54) is 6.21 Å². The quantitative estimate of drug-likeness (QED) is 0.248. The van der Waals surface area contributed by atoms with Gasteiger partial charge in [0.2, 0.25) is 0 Å². The molecule has 0 saturated heterocycles. The largest absolute Gasteiger partial charge is 0.411 e. The van der Waals surface area contributed by atoms with Crippen molar-refractivity contribution in [1.29, 1.82) is 0 Å². The third-order valence-electron chi connectivity index (χ3n) is 0.187. The van der Waals surface area contributed by atoms with E-state index < -0.39 is 0 Å². The topological polar surface area (TPSA) is 58.6 Å². The summed E-state index contributed by atoms with van der Waals surface area (Å²) in [7, 11) is 0. The summed E-state index contributed by atoms with van der Waals surface area (Å²) < 4.78 is 0. The van der Waals surface area contributed by atoms with E-state index in [1.54, 1.807) is 0 Å². The van der Waals surface area contributed by atoms with Crippen molar-refractivity contribution in [3.8, 4) is 0 Å². The van der Waals surface area contributed by atoms with Gasteiger partial charge in [-0.1, -0.05) is 0 Å². The Morgan fingerprint density at radius 2 is 2.60 bits per heavy atom. The fourth-order valence-corrected chi connectivity index (χ4v) is 0.0471. The van der Waals surface area contributed by atoms with Crippen molar-refractivity contribution in [2.75, 3.05) is 6.54 Å². The third-order valence-corrected chi connectivity index (χ3v) is 0.187. The maximum absolute atomic E-state index is 7.56. The predicted octanol–water partition coefficient (Wildman–Crippen LogP) is -0.595. The van der Waals surface area contributed by atoms with Gasteiger partial charge in [0.15, 0.2) is 0 Å². The van der Waals surface area contributed by atoms with Crippen LogP contribution >= 0.6 is 0 Å². The number of oxime groups is 1. The molecule has 30 valence electrons. The van der Waals surface area contributed by atoms with E-state index in [2.05, 4.69) is 5.16 Å². The molecule has 3 N–H and O–H groups in total. The maximum atomic E-state index is 7.56. The van der Waals surface area contributed by atoms with E-state index >= 15 is 0 Å². The highest BCUT2D eigenvalue weighted by atomic mass is 16.4. The summed E-state index contributed by atoms with van der Waals surface area (Å²) >= 11 is 0. The zero-order chi connectivity index (χ0) is 4.12. The van der Waals surface area contributed by atoms with Gasteiger partial charge in [-0.05, 0) is 0 Å². The minimum atomic E-state index is 0.302. The lowest BCUT2D eigenvalue weighted by Gasteiger charge is -1.66. The van der Waals surface area contributed by atoms with Crippen LogP contribution in [0.2, 0.25) is 0 Å². The summed E-state index contributed by atoms with van der Waals surface area (Å²) in [5.74, 6) is 0. The molecule has 0 aliphatic heterocycles. The first-order chi connectivity index (χ1) is 2.41. The zero-order valence-corrected chi connectivity index (χ0v) is 2.76. The normalized spacial score (nSPS) is 9.80. The Bertz CT molecular complexity index is 34.6. The van der Waals surface area contributed by atoms with Gasteiger partial charge in [-0.3, -0.25) is 0 Å². The van der Waals surface area contributed by atoms with E-state index in [0.717, 1.165) is 0 Å². The van der Waals surface area contributed by atoms with Crippen molar-refractivity contribution in [2.24, 2.45) is 10.9 Å². The van der Waals surface area contributed by atoms with Crippen molar-refractivity contribution >= 4 is 6.21 Å². The molecule has 0 spiro atoms. The molecule has 0 amide bonds. The molecule has 0 aromatic rings. The molecule has 0 saturated carbocycles. The van der Waals surface area contributed by atoms with Crippen LogP contribution in [-0.4, -0.2) is 18.0 Å². The van der Waals surface area contributed by atoms with Gasteiger partial charge in [0.05, 0.1) is 6.21 Å². The first-order valence-electron chi connectivity index (χ1n) is 1.27. The summed E-state index contributed by atoms with van der Waals surface area (Å²) in [5, 5.41) is 10.2. The van der Waals surface area contributed by atoms with Crippen LogP contribution in [0.3, 0.4) is 0 Å². The number of hydrogen-bond acceptors (Lipinski definition) is 3. The smallest absolute Gasteiger partial charge is 0.0571 e. The van der Waals surface area contributed by atoms with Crippen LogP contribution in [0.5, 0.6) is 0 Å². The van der Waals surface area contributed by atoms with Gasteiger partial charge in [-0.25, -0.2) is 0 Å². The molecule has 0 heterocycles. The molecule has 0 fully saturated rings. The number of nitrogens with two attached hydrogens (primary N) is 1. The number of rotatable bonds is 1. The highest BCUT2D eigenvalue weighted by Crippen LogP contribution is 1.39. The monoisotopic (exact) mass is 74.0 g/mol. The fourth-order valence-electron chi connectivity index (χ4n) is 0.0471. The Hall–Kier alpha value is -0.570. The summed E-state index contributed by atoms with van der Waals surface area (Å²) in [6.45, 7) is 0.302. The van der Waals surface area contributed by atoms with Crippen molar-refractivity contribution in [3.05, 3.63) is 0 Å². The lowest BCUT2D eigenvalue weighted by Crippen LogP contribution is -1.97. The Labute approximate surface area is 30.1 Å². The van der Waals surface area contributed by atoms with Crippen LogP contribution in [0.4, 0.5) is 0 Å². The third kappa shape index (κ3) is 3.43. The molecule has 0 radical (unpaired) electrons. The minimum Gasteiger partial charge on any atom is -0.411 e. The minimum absolute atomic E-state index is 0.302. The molecular formula is C2H6N2O. The SMILES string of the molecule is NC/C=N/O. The second kappa shape index (κ2) is 3.43. The molecule has 0 bridgehead atoms. The zero-order valence-electron chi connectivity index (χ0n) is 2.76. The van der Waals surface area contributed by atoms with Crippen molar-refractivity contribution in [3.63, 3.8) is 0 Å². The van der Waals surface area contributed by atoms with E-state index in [1.807, 2.05) is 0 Å². The highest BCUT2D eigenvalue weighted by molar-refractivity contribution is 5.57. The Kier molecular flexibility index (Phi) is 3.04. The van der Waals surface area contributed by atoms with Crippen molar-refractivity contribution in [1.82, 2.24) is 0 Å². The van der Waals surface area contributed by atoms with E-state index in [9.17, 15) is 0 Å². The van der Waals surface area contributed by atoms with Crippen LogP contribution in [0.15, 0.2) is 5.16 Å². The molecule has 5 heavy (non-hydrogen) atoms. The number of nitrogens with zero attached hydrogens (tertiary/aromatic N) is 1. The summed E-state index contributed by atoms with van der Waals surface area (Å²) in [4.78, 5) is 0. The van der Waals surface area contributed by atoms with Crippen LogP contribution in [-0.2, 0) is 0 Å². The molecule has 0 aromatic heterocycles. The Morgan fingerprint density at radius 1 is 2.00 bits per heavy atom. The molecule has 3 nitrogen and oxygen atoms in total. The molecule has 0 aliphatic carbocycles. The summed E-state index contributed by atoms with van der Waals surface area (Å²) in [6, 6.07) is 0. The van der Waals surface area contributed by atoms with E-state index in [-0.39, 0.29) is 0 Å². The van der Waals surface area contributed by atoms with Gasteiger partial charge in [0.1, 0.15) is 0 Å². The fraction of sp³-hybridized carbons (Fsp3) is 0.500. The Morgan fingerprint density at radius 3 is 2.60 bits per heavy atom. The first-order valence-corrected chi connectivity index (χ1v) is 1.27. The first kappa shape index (κ1) is 4.43. The van der Waals surface area contributed by atoms with Gasteiger partial charge in [0, 0.05) is 6.54 Å². The van der Waals surface area contributed by atoms with E-state index in [4.69, 9.17) is 10.9 Å². The van der Waals surface area contributed by atoms with Crippen LogP contribution in [0, 0.1) is 0 Å². The second-order valence-corrected chi connectivity index (χ2v) is 0.534. The van der Waals surface area contributed by atoms with Gasteiger partial charge < -0.3 is 10.9 Å². The van der Waals surface area contributed by atoms with Gasteiger partial charge in [0.25, 0.3) is 0 Å². The summed E-state index contributed by atoms with van der Waals surface area (Å²) in [6.07, 6.45) is 1.21. The second-order valence-electron chi connectivity index (χ2n) is 0.534. The maximum Gasteiger partial charge on any atom is 0.0571 e. The molecular weight excluding hydrogens is 68.0 g/mol. The average Bonchev–Trinajstić information content (AvgIpc) is 1.41. The molecule has 0 unspecified atom stereocenters. The Balaban J connectivity index is 2.62. The van der Waals surface area contributed by atoms with Crippen molar-refractivity contribution < 1.29 is 5.21 Å². The van der Waals surface area contributed by atoms with Gasteiger partial charge >= 0.3 is 0 Å². The average molecular weight is 74.1 g/mol. The molecule has 0 rings (SSSR count).